The van der Waals surface area contributed by atoms with E-state index in [1.54, 1.807) is 18.2 Å². The molecule has 9 heteroatoms. The molecular weight excluding hydrogens is 489 g/mol. The van der Waals surface area contributed by atoms with Gasteiger partial charge >= 0.3 is 0 Å². The summed E-state index contributed by atoms with van der Waals surface area (Å²) in [7, 11) is 0. The monoisotopic (exact) mass is 521 g/mol. The van der Waals surface area contributed by atoms with Crippen LogP contribution in [0.15, 0.2) is 30.4 Å². The average Bonchev–Trinajstić information content (AvgIpc) is 3.09. The quantitative estimate of drug-likeness (QED) is 0.266. The number of halogens is 2. The van der Waals surface area contributed by atoms with Crippen molar-refractivity contribution in [2.75, 3.05) is 13.1 Å². The summed E-state index contributed by atoms with van der Waals surface area (Å²) < 4.78 is 0. The number of rotatable bonds is 11. The molecule has 1 heterocycles. The number of nitrogens with zero attached hydrogens (tertiary/aromatic N) is 2. The topological polar surface area (TPSA) is 86.8 Å². The maximum Gasteiger partial charge on any atom is 0.242 e. The molecule has 2 aliphatic rings. The van der Waals surface area contributed by atoms with Gasteiger partial charge in [-0.25, -0.2) is 0 Å². The molecule has 190 valence electrons. The molecule has 3 atom stereocenters. The molecule has 1 fully saturated rings. The molecule has 1 aliphatic carbocycles. The molecule has 1 aromatic rings. The smallest absolute Gasteiger partial charge is 0.242 e. The second-order valence-electron chi connectivity index (χ2n) is 9.02. The lowest BCUT2D eigenvalue weighted by atomic mass is 9.85. The van der Waals surface area contributed by atoms with E-state index in [0.29, 0.717) is 41.4 Å². The van der Waals surface area contributed by atoms with E-state index >= 15 is 0 Å². The molecule has 0 saturated carbocycles. The molecule has 0 radical (unpaired) electrons. The van der Waals surface area contributed by atoms with Gasteiger partial charge in [0.1, 0.15) is 6.04 Å². The van der Waals surface area contributed by atoms with Crippen molar-refractivity contribution in [2.45, 2.75) is 65.0 Å². The number of likely N-dealkylation sites (tertiary alicyclic amines) is 1. The van der Waals surface area contributed by atoms with Crippen LogP contribution in [0.1, 0.15) is 57.9 Å². The van der Waals surface area contributed by atoms with Crippen molar-refractivity contribution in [2.24, 2.45) is 11.8 Å². The summed E-state index contributed by atoms with van der Waals surface area (Å²) >= 11 is 12.7. The van der Waals surface area contributed by atoms with Gasteiger partial charge in [-0.1, -0.05) is 61.7 Å². The van der Waals surface area contributed by atoms with E-state index in [2.05, 4.69) is 5.32 Å². The molecule has 4 amide bonds. The van der Waals surface area contributed by atoms with Crippen molar-refractivity contribution < 1.29 is 19.2 Å². The van der Waals surface area contributed by atoms with Gasteiger partial charge in [-0.3, -0.25) is 24.1 Å². The van der Waals surface area contributed by atoms with Crippen LogP contribution in [0.3, 0.4) is 0 Å². The fraction of sp³-hybridized carbons (Fsp3) is 0.538. The summed E-state index contributed by atoms with van der Waals surface area (Å²) in [6.45, 7) is 4.43. The van der Waals surface area contributed by atoms with E-state index in [9.17, 15) is 19.2 Å². The van der Waals surface area contributed by atoms with Crippen molar-refractivity contribution in [3.8, 4) is 0 Å². The van der Waals surface area contributed by atoms with Gasteiger partial charge in [0.05, 0.1) is 11.8 Å². The highest BCUT2D eigenvalue weighted by Crippen LogP contribution is 2.35. The Labute approximate surface area is 216 Å². The minimum atomic E-state index is -0.733. The molecule has 0 bridgehead atoms. The van der Waals surface area contributed by atoms with Gasteiger partial charge in [-0.2, -0.15) is 0 Å². The van der Waals surface area contributed by atoms with Crippen LogP contribution in [0.25, 0.3) is 0 Å². The lowest BCUT2D eigenvalue weighted by molar-refractivity contribution is -0.144. The lowest BCUT2D eigenvalue weighted by Crippen LogP contribution is -2.50. The van der Waals surface area contributed by atoms with Crippen LogP contribution >= 0.6 is 23.2 Å². The van der Waals surface area contributed by atoms with Gasteiger partial charge in [-0.05, 0) is 37.8 Å². The van der Waals surface area contributed by atoms with Crippen LogP contribution in [0, 0.1) is 11.8 Å². The summed E-state index contributed by atoms with van der Waals surface area (Å²) in [5.41, 5.74) is 0.550. The van der Waals surface area contributed by atoms with Gasteiger partial charge in [0.15, 0.2) is 0 Å². The number of nitrogens with one attached hydrogen (secondary N) is 1. The second kappa shape index (κ2) is 12.5. The fourth-order valence-electron chi connectivity index (χ4n) is 4.72. The van der Waals surface area contributed by atoms with Crippen LogP contribution in [0.4, 0.5) is 0 Å². The Hall–Kier alpha value is -2.38. The minimum absolute atomic E-state index is 0.00978. The minimum Gasteiger partial charge on any atom is -0.354 e. The van der Waals surface area contributed by atoms with Crippen molar-refractivity contribution in [3.63, 3.8) is 0 Å². The number of hydrogen-bond donors (Lipinski definition) is 1. The first-order valence-electron chi connectivity index (χ1n) is 12.3. The maximum absolute atomic E-state index is 13.5. The Morgan fingerprint density at radius 2 is 1.69 bits per heavy atom. The number of hydrogen-bond acceptors (Lipinski definition) is 4. The van der Waals surface area contributed by atoms with E-state index < -0.39 is 6.04 Å². The van der Waals surface area contributed by atoms with Crippen molar-refractivity contribution in [3.05, 3.63) is 46.0 Å². The maximum atomic E-state index is 13.5. The van der Waals surface area contributed by atoms with Gasteiger partial charge in [-0.15, -0.1) is 0 Å². The number of imide groups is 1. The SMILES string of the molecule is CCCCNC(=O)[C@@H](CC)N(Cc1c(Cl)cccc1Cl)C(=O)CCN1C(=O)[C@H]2CC=CC[C@H]2C1=O. The largest absolute Gasteiger partial charge is 0.354 e. The molecule has 35 heavy (non-hydrogen) atoms. The normalized spacial score (nSPS) is 20.1. The summed E-state index contributed by atoms with van der Waals surface area (Å²) in [5.74, 6) is -1.71. The first-order valence-corrected chi connectivity index (χ1v) is 13.1. The van der Waals surface area contributed by atoms with Crippen LogP contribution in [0.5, 0.6) is 0 Å². The third-order valence-corrected chi connectivity index (χ3v) is 7.46. The number of carbonyl (C=O) groups is 4. The molecule has 1 aromatic carbocycles. The van der Waals surface area contributed by atoms with Crippen LogP contribution in [-0.4, -0.2) is 52.6 Å². The Morgan fingerprint density at radius 1 is 1.09 bits per heavy atom. The number of carbonyl (C=O) groups excluding carboxylic acids is 4. The van der Waals surface area contributed by atoms with Crippen molar-refractivity contribution >= 4 is 46.8 Å². The summed E-state index contributed by atoms with van der Waals surface area (Å²) in [6, 6.07) is 4.35. The van der Waals surface area contributed by atoms with Gasteiger partial charge < -0.3 is 10.2 Å². The number of fused-ring (bicyclic) bond motifs is 1. The zero-order chi connectivity index (χ0) is 25.5. The second-order valence-corrected chi connectivity index (χ2v) is 9.84. The fourth-order valence-corrected chi connectivity index (χ4v) is 5.24. The zero-order valence-corrected chi connectivity index (χ0v) is 21.8. The van der Waals surface area contributed by atoms with Crippen molar-refractivity contribution in [1.29, 1.82) is 0 Å². The highest BCUT2D eigenvalue weighted by atomic mass is 35.5. The molecule has 7 nitrogen and oxygen atoms in total. The molecular formula is C26H33Cl2N3O4. The number of allylic oxidation sites excluding steroid dienone is 2. The number of benzene rings is 1. The zero-order valence-electron chi connectivity index (χ0n) is 20.3. The Bertz CT molecular complexity index is 951. The molecule has 0 unspecified atom stereocenters. The Kier molecular flexibility index (Phi) is 9.75. The third kappa shape index (κ3) is 6.25. The number of amides is 4. The predicted octanol–water partition coefficient (Wildman–Crippen LogP) is 4.36. The molecule has 1 N–H and O–H groups in total. The van der Waals surface area contributed by atoms with Gasteiger partial charge in [0, 0.05) is 41.7 Å². The van der Waals surface area contributed by atoms with Crippen LogP contribution in [-0.2, 0) is 25.7 Å². The van der Waals surface area contributed by atoms with Crippen LogP contribution < -0.4 is 5.32 Å². The van der Waals surface area contributed by atoms with Crippen molar-refractivity contribution in [1.82, 2.24) is 15.1 Å². The summed E-state index contributed by atoms with van der Waals surface area (Å²) in [4.78, 5) is 54.8. The van der Waals surface area contributed by atoms with E-state index in [4.69, 9.17) is 23.2 Å². The first kappa shape index (κ1) is 27.2. The average molecular weight is 522 g/mol. The predicted molar refractivity (Wildman–Crippen MR) is 136 cm³/mol. The molecule has 1 aliphatic heterocycles. The summed E-state index contributed by atoms with van der Waals surface area (Å²) in [5, 5.41) is 3.71. The number of unbranched alkanes of at least 4 members (excludes halogenated alkanes) is 1. The molecule has 0 aromatic heterocycles. The Morgan fingerprint density at radius 3 is 2.23 bits per heavy atom. The first-order chi connectivity index (χ1) is 16.8. The van der Waals surface area contributed by atoms with Crippen LogP contribution in [0.2, 0.25) is 10.0 Å². The highest BCUT2D eigenvalue weighted by molar-refractivity contribution is 6.36. The third-order valence-electron chi connectivity index (χ3n) is 6.75. The molecule has 1 saturated heterocycles. The van der Waals surface area contributed by atoms with Gasteiger partial charge in [0.2, 0.25) is 23.6 Å². The highest BCUT2D eigenvalue weighted by Gasteiger charge is 2.47. The van der Waals surface area contributed by atoms with E-state index in [0.717, 1.165) is 12.8 Å². The summed E-state index contributed by atoms with van der Waals surface area (Å²) in [6.07, 6.45) is 7.04. The van der Waals surface area contributed by atoms with E-state index in [1.807, 2.05) is 26.0 Å². The van der Waals surface area contributed by atoms with Gasteiger partial charge in [0.25, 0.3) is 0 Å². The van der Waals surface area contributed by atoms with E-state index in [-0.39, 0.29) is 55.0 Å². The standard InChI is InChI=1S/C26H33Cl2N3O4/c1-3-5-14-29-24(33)22(4-2)31(16-19-20(27)11-8-12-21(19)28)23(32)13-15-30-25(34)17-9-6-7-10-18(17)26(30)35/h6-8,11-12,17-18,22H,3-5,9-10,13-16H2,1-2H3,(H,29,33)/t17-,18+,22-/m1/s1. The molecule has 3 rings (SSSR count). The molecule has 0 spiro atoms. The Balaban J connectivity index is 1.78. The van der Waals surface area contributed by atoms with E-state index in [1.165, 1.54) is 9.80 Å². The lowest BCUT2D eigenvalue weighted by Gasteiger charge is -2.31.